The summed E-state index contributed by atoms with van der Waals surface area (Å²) in [6.07, 6.45) is 20.3. The number of halogens is 4. The van der Waals surface area contributed by atoms with E-state index >= 15 is 0 Å². The summed E-state index contributed by atoms with van der Waals surface area (Å²) in [4.78, 5) is 31.5. The van der Waals surface area contributed by atoms with E-state index in [0.717, 1.165) is 42.2 Å². The zero-order chi connectivity index (χ0) is 48.0. The van der Waals surface area contributed by atoms with Gasteiger partial charge in [-0.2, -0.15) is 13.2 Å². The summed E-state index contributed by atoms with van der Waals surface area (Å²) in [6, 6.07) is 20.4. The van der Waals surface area contributed by atoms with Crippen molar-refractivity contribution in [3.8, 4) is 11.8 Å². The molecule has 2 aliphatic rings. The quantitative estimate of drug-likeness (QED) is 0.0583. The lowest BCUT2D eigenvalue weighted by atomic mass is 10.0. The zero-order valence-electron chi connectivity index (χ0n) is 39.2. The number of carboxylic acid groups (broad SMARTS) is 2. The number of carboxylic acids is 2. The number of hydrogen-bond acceptors (Lipinski definition) is 8. The number of pyridine rings is 2. The molecule has 4 aromatic rings. The minimum atomic E-state index is -4.25. The summed E-state index contributed by atoms with van der Waals surface area (Å²) < 4.78 is 47.4. The van der Waals surface area contributed by atoms with E-state index in [1.807, 2.05) is 12.1 Å². The lowest BCUT2D eigenvalue weighted by Crippen LogP contribution is -2.18. The number of aliphatic carboxylic acids is 2. The van der Waals surface area contributed by atoms with Crippen molar-refractivity contribution < 1.29 is 42.4 Å². The number of nitrogens with one attached hydrogen (secondary N) is 1. The van der Waals surface area contributed by atoms with Crippen LogP contribution in [0.3, 0.4) is 0 Å². The highest BCUT2D eigenvalue weighted by Gasteiger charge is 2.32. The lowest BCUT2D eigenvalue weighted by molar-refractivity contribution is -0.140. The van der Waals surface area contributed by atoms with E-state index in [9.17, 15) is 22.8 Å². The number of fused-ring (bicyclic) bond motifs is 2. The third-order valence-electron chi connectivity index (χ3n) is 11.3. The summed E-state index contributed by atoms with van der Waals surface area (Å²) in [6.45, 7) is 8.66. The maximum atomic E-state index is 12.4. The van der Waals surface area contributed by atoms with Gasteiger partial charge in [0.15, 0.2) is 0 Å². The fourth-order valence-corrected chi connectivity index (χ4v) is 7.54. The first kappa shape index (κ1) is 55.6. The van der Waals surface area contributed by atoms with E-state index < -0.39 is 35.5 Å². The first-order chi connectivity index (χ1) is 31.8. The second kappa shape index (κ2) is 32.1. The SMILES string of the molecule is CCCCCCCCCCN(C)Cc1ccc(Cl)cc1.CCCCCCCCCCNCc1ccc(C(F)(F)F)cc1.O=C(O)C1COc2ncccc21.O=C(O)C1COc2ncccc21. The molecule has 2 atom stereocenters. The van der Waals surface area contributed by atoms with Gasteiger partial charge in [-0.15, -0.1) is 0 Å². The van der Waals surface area contributed by atoms with Crippen LogP contribution in [0.2, 0.25) is 5.02 Å². The summed E-state index contributed by atoms with van der Waals surface area (Å²) in [5, 5.41) is 21.6. The Labute approximate surface area is 395 Å². The topological polar surface area (TPSA) is 134 Å². The number of alkyl halides is 3. The van der Waals surface area contributed by atoms with Crippen LogP contribution in [0.5, 0.6) is 11.8 Å². The van der Waals surface area contributed by atoms with E-state index in [1.54, 1.807) is 48.8 Å². The third-order valence-corrected chi connectivity index (χ3v) is 11.6. The summed E-state index contributed by atoms with van der Waals surface area (Å²) in [5.41, 5.74) is 3.00. The molecule has 0 amide bonds. The molecule has 2 aromatic carbocycles. The van der Waals surface area contributed by atoms with E-state index in [4.69, 9.17) is 31.3 Å². The van der Waals surface area contributed by atoms with Gasteiger partial charge >= 0.3 is 18.1 Å². The molecular formula is C52H72ClF3N4O6. The second-order valence-electron chi connectivity index (χ2n) is 16.9. The van der Waals surface area contributed by atoms with Gasteiger partial charge in [-0.25, -0.2) is 9.97 Å². The molecule has 0 saturated carbocycles. The van der Waals surface area contributed by atoms with Crippen molar-refractivity contribution in [2.24, 2.45) is 0 Å². The average molecular weight is 942 g/mol. The first-order valence-corrected chi connectivity index (χ1v) is 24.1. The van der Waals surface area contributed by atoms with Crippen molar-refractivity contribution in [2.45, 2.75) is 148 Å². The van der Waals surface area contributed by atoms with E-state index in [-0.39, 0.29) is 13.2 Å². The van der Waals surface area contributed by atoms with Crippen molar-refractivity contribution in [3.05, 3.63) is 118 Å². The van der Waals surface area contributed by atoms with Crippen LogP contribution in [0.1, 0.15) is 156 Å². The maximum absolute atomic E-state index is 12.4. The number of unbranched alkanes of at least 4 members (excludes halogenated alkanes) is 14. The molecule has 4 heterocycles. The Kier molecular flexibility index (Phi) is 27.0. The number of hydrogen-bond donors (Lipinski definition) is 3. The molecule has 0 spiro atoms. The van der Waals surface area contributed by atoms with Gasteiger partial charge in [0.1, 0.15) is 25.0 Å². The summed E-state index contributed by atoms with van der Waals surface area (Å²) >= 11 is 5.90. The fraction of sp³-hybridized carbons (Fsp3) is 0.538. The highest BCUT2D eigenvalue weighted by Crippen LogP contribution is 2.32. The minimum absolute atomic E-state index is 0.196. The van der Waals surface area contributed by atoms with Crippen molar-refractivity contribution in [3.63, 3.8) is 0 Å². The Morgan fingerprint density at radius 1 is 0.667 bits per heavy atom. The molecule has 2 unspecified atom stereocenters. The minimum Gasteiger partial charge on any atom is -0.481 e. The Hall–Kier alpha value is -4.72. The van der Waals surface area contributed by atoms with Crippen LogP contribution >= 0.6 is 11.6 Å². The van der Waals surface area contributed by atoms with Crippen LogP contribution in [0, 0.1) is 0 Å². The molecule has 0 aliphatic carbocycles. The van der Waals surface area contributed by atoms with E-state index in [2.05, 4.69) is 53.2 Å². The van der Waals surface area contributed by atoms with Crippen LogP contribution in [0.25, 0.3) is 0 Å². The standard InChI is InChI=1S/C18H30ClN.C18H28F3N.2C8H7NO3/c1-3-4-5-6-7-8-9-10-15-20(2)16-17-11-13-18(19)14-12-17;1-2-3-4-5-6-7-8-9-14-22-15-16-10-12-17(13-11-16)18(19,20)21;2*10-8(11)6-4-12-7-5(6)2-1-3-9-7/h11-14H,3-10,15-16H2,1-2H3;10-13,22H,2-9,14-15H2,1H3;2*1-3,6H,4H2,(H,10,11). The van der Waals surface area contributed by atoms with Crippen LogP contribution in [-0.4, -0.2) is 70.4 Å². The number of ether oxygens (including phenoxy) is 2. The van der Waals surface area contributed by atoms with Gasteiger partial charge in [-0.05, 0) is 80.5 Å². The molecule has 3 N–H and O–H groups in total. The number of carbonyl (C=O) groups is 2. The van der Waals surface area contributed by atoms with Crippen molar-refractivity contribution in [1.29, 1.82) is 0 Å². The van der Waals surface area contributed by atoms with E-state index in [0.29, 0.717) is 29.4 Å². The molecule has 10 nitrogen and oxygen atoms in total. The van der Waals surface area contributed by atoms with Gasteiger partial charge in [-0.1, -0.05) is 152 Å². The Morgan fingerprint density at radius 2 is 1.11 bits per heavy atom. The van der Waals surface area contributed by atoms with Crippen LogP contribution in [0.15, 0.2) is 85.2 Å². The predicted molar refractivity (Wildman–Crippen MR) is 256 cm³/mol. The second-order valence-corrected chi connectivity index (χ2v) is 17.3. The molecule has 0 bridgehead atoms. The van der Waals surface area contributed by atoms with Crippen LogP contribution < -0.4 is 14.8 Å². The Bertz CT molecular complexity index is 1870. The highest BCUT2D eigenvalue weighted by atomic mass is 35.5. The number of rotatable bonds is 24. The van der Waals surface area contributed by atoms with Crippen molar-refractivity contribution >= 4 is 23.5 Å². The zero-order valence-corrected chi connectivity index (χ0v) is 39.9. The number of nitrogens with zero attached hydrogens (tertiary/aromatic N) is 3. The lowest BCUT2D eigenvalue weighted by Gasteiger charge is -2.16. The Balaban J connectivity index is 0.000000241. The molecule has 0 radical (unpaired) electrons. The number of benzene rings is 2. The average Bonchev–Trinajstić information content (AvgIpc) is 3.95. The van der Waals surface area contributed by atoms with Gasteiger partial charge in [0.05, 0.1) is 5.56 Å². The molecular weight excluding hydrogens is 869 g/mol. The van der Waals surface area contributed by atoms with E-state index in [1.165, 1.54) is 108 Å². The molecule has 6 rings (SSSR count). The van der Waals surface area contributed by atoms with Crippen molar-refractivity contribution in [1.82, 2.24) is 20.2 Å². The monoisotopic (exact) mass is 941 g/mol. The largest absolute Gasteiger partial charge is 0.481 e. The molecule has 0 saturated heterocycles. The van der Waals surface area contributed by atoms with Gasteiger partial charge in [0, 0.05) is 41.6 Å². The summed E-state index contributed by atoms with van der Waals surface area (Å²) in [5.74, 6) is -1.92. The van der Waals surface area contributed by atoms with Gasteiger partial charge in [0.25, 0.3) is 0 Å². The Morgan fingerprint density at radius 3 is 1.56 bits per heavy atom. The third kappa shape index (κ3) is 22.2. The summed E-state index contributed by atoms with van der Waals surface area (Å²) in [7, 11) is 2.20. The fourth-order valence-electron chi connectivity index (χ4n) is 7.42. The molecule has 66 heavy (non-hydrogen) atoms. The smallest absolute Gasteiger partial charge is 0.416 e. The number of aromatic nitrogens is 2. The predicted octanol–water partition coefficient (Wildman–Crippen LogP) is 13.1. The molecule has 2 aliphatic heterocycles. The van der Waals surface area contributed by atoms with Crippen LogP contribution in [0.4, 0.5) is 13.2 Å². The first-order valence-electron chi connectivity index (χ1n) is 23.7. The molecule has 2 aromatic heterocycles. The highest BCUT2D eigenvalue weighted by molar-refractivity contribution is 6.30. The van der Waals surface area contributed by atoms with Gasteiger partial charge in [-0.3, -0.25) is 9.59 Å². The van der Waals surface area contributed by atoms with Gasteiger partial charge in [0.2, 0.25) is 11.8 Å². The van der Waals surface area contributed by atoms with Gasteiger partial charge < -0.3 is 29.9 Å². The normalized spacial score (nSPS) is 14.5. The molecule has 14 heteroatoms. The molecule has 0 fully saturated rings. The van der Waals surface area contributed by atoms with Crippen LogP contribution in [-0.2, 0) is 28.9 Å². The maximum Gasteiger partial charge on any atom is 0.416 e. The van der Waals surface area contributed by atoms with Crippen molar-refractivity contribution in [2.75, 3.05) is 33.4 Å². The molecule has 364 valence electrons.